The molecule has 2 rings (SSSR count). The Morgan fingerprint density at radius 2 is 2.25 bits per heavy atom. The Morgan fingerprint density at radius 3 is 2.90 bits per heavy atom. The van der Waals surface area contributed by atoms with E-state index in [2.05, 4.69) is 15.2 Å². The second-order valence-corrected chi connectivity index (χ2v) is 6.09. The Bertz CT molecular complexity index is 340. The number of carbonyl (C=O) groups excluding carboxylic acids is 1. The Morgan fingerprint density at radius 1 is 1.50 bits per heavy atom. The fourth-order valence-electron chi connectivity index (χ4n) is 3.18. The number of hydrazine groups is 1. The third-order valence-corrected chi connectivity index (χ3v) is 4.06. The number of likely N-dealkylation sites (N-methyl/N-ethyl adjacent to an activating group) is 1. The SMILES string of the molecule is CN(C)CC1CC(O)CN1CC1CCC(C(=O)NN)O1. The number of rotatable bonds is 5. The van der Waals surface area contributed by atoms with Crippen molar-refractivity contribution in [3.63, 3.8) is 0 Å². The summed E-state index contributed by atoms with van der Waals surface area (Å²) < 4.78 is 5.74. The van der Waals surface area contributed by atoms with Gasteiger partial charge in [-0.3, -0.25) is 15.1 Å². The van der Waals surface area contributed by atoms with Gasteiger partial charge in [0, 0.05) is 25.7 Å². The molecule has 0 aromatic carbocycles. The summed E-state index contributed by atoms with van der Waals surface area (Å²) in [6.07, 6.45) is 1.74. The number of likely N-dealkylation sites (tertiary alicyclic amines) is 1. The molecule has 116 valence electrons. The molecule has 0 aliphatic carbocycles. The van der Waals surface area contributed by atoms with Crippen molar-refractivity contribution in [1.29, 1.82) is 0 Å². The molecule has 2 aliphatic rings. The topological polar surface area (TPSA) is 91.1 Å². The van der Waals surface area contributed by atoms with Gasteiger partial charge in [0.25, 0.3) is 5.91 Å². The van der Waals surface area contributed by atoms with Crippen molar-refractivity contribution in [3.05, 3.63) is 0 Å². The fourth-order valence-corrected chi connectivity index (χ4v) is 3.18. The van der Waals surface area contributed by atoms with Crippen molar-refractivity contribution in [2.75, 3.05) is 33.7 Å². The average molecular weight is 286 g/mol. The fraction of sp³-hybridized carbons (Fsp3) is 0.923. The Kier molecular flexibility index (Phi) is 5.34. The number of aliphatic hydroxyl groups excluding tert-OH is 1. The number of amides is 1. The summed E-state index contributed by atoms with van der Waals surface area (Å²) in [6, 6.07) is 0.353. The summed E-state index contributed by atoms with van der Waals surface area (Å²) >= 11 is 0. The van der Waals surface area contributed by atoms with Gasteiger partial charge in [-0.15, -0.1) is 0 Å². The molecule has 0 bridgehead atoms. The van der Waals surface area contributed by atoms with Gasteiger partial charge in [0.15, 0.2) is 0 Å². The molecule has 1 amide bonds. The first kappa shape index (κ1) is 15.7. The number of nitrogens with two attached hydrogens (primary N) is 1. The highest BCUT2D eigenvalue weighted by molar-refractivity contribution is 5.80. The summed E-state index contributed by atoms with van der Waals surface area (Å²) in [5, 5.41) is 9.85. The second-order valence-electron chi connectivity index (χ2n) is 6.09. The standard InChI is InChI=1S/C13H26N4O3/c1-16(2)6-9-5-10(18)7-17(9)8-11-3-4-12(20-11)13(19)15-14/h9-12,18H,3-8,14H2,1-2H3,(H,15,19). The molecular weight excluding hydrogens is 260 g/mol. The van der Waals surface area contributed by atoms with Crippen LogP contribution >= 0.6 is 0 Å². The van der Waals surface area contributed by atoms with E-state index >= 15 is 0 Å². The van der Waals surface area contributed by atoms with Crippen LogP contribution in [-0.2, 0) is 9.53 Å². The van der Waals surface area contributed by atoms with Gasteiger partial charge in [-0.1, -0.05) is 0 Å². The van der Waals surface area contributed by atoms with Gasteiger partial charge in [-0.2, -0.15) is 0 Å². The second kappa shape index (κ2) is 6.82. The molecule has 7 heteroatoms. The molecule has 0 aromatic heterocycles. The number of nitrogens with one attached hydrogen (secondary N) is 1. The minimum absolute atomic E-state index is 0.0484. The highest BCUT2D eigenvalue weighted by Crippen LogP contribution is 2.25. The summed E-state index contributed by atoms with van der Waals surface area (Å²) in [5.41, 5.74) is 2.14. The van der Waals surface area contributed by atoms with Crippen LogP contribution in [0.25, 0.3) is 0 Å². The van der Waals surface area contributed by atoms with Gasteiger partial charge in [0.05, 0.1) is 12.2 Å². The molecule has 4 N–H and O–H groups in total. The Labute approximate surface area is 120 Å². The van der Waals surface area contributed by atoms with Crippen LogP contribution in [0.2, 0.25) is 0 Å². The summed E-state index contributed by atoms with van der Waals surface area (Å²) in [5.74, 6) is 4.88. The minimum Gasteiger partial charge on any atom is -0.392 e. The molecule has 4 atom stereocenters. The predicted octanol–water partition coefficient (Wildman–Crippen LogP) is -1.48. The van der Waals surface area contributed by atoms with Crippen molar-refractivity contribution in [2.24, 2.45) is 5.84 Å². The van der Waals surface area contributed by atoms with Crippen molar-refractivity contribution in [1.82, 2.24) is 15.2 Å². The van der Waals surface area contributed by atoms with Crippen LogP contribution in [0.15, 0.2) is 0 Å². The lowest BCUT2D eigenvalue weighted by atomic mass is 10.1. The van der Waals surface area contributed by atoms with Crippen LogP contribution in [0.5, 0.6) is 0 Å². The molecule has 4 unspecified atom stereocenters. The van der Waals surface area contributed by atoms with E-state index in [4.69, 9.17) is 10.6 Å². The first-order valence-corrected chi connectivity index (χ1v) is 7.22. The van der Waals surface area contributed by atoms with E-state index in [1.165, 1.54) is 0 Å². The maximum atomic E-state index is 11.4. The van der Waals surface area contributed by atoms with E-state index < -0.39 is 6.10 Å². The first-order valence-electron chi connectivity index (χ1n) is 7.22. The largest absolute Gasteiger partial charge is 0.392 e. The van der Waals surface area contributed by atoms with Crippen LogP contribution in [0.3, 0.4) is 0 Å². The van der Waals surface area contributed by atoms with Gasteiger partial charge in [0.2, 0.25) is 0 Å². The summed E-state index contributed by atoms with van der Waals surface area (Å²) in [6.45, 7) is 2.38. The summed E-state index contributed by atoms with van der Waals surface area (Å²) in [7, 11) is 4.08. The molecule has 20 heavy (non-hydrogen) atoms. The molecule has 0 radical (unpaired) electrons. The van der Waals surface area contributed by atoms with E-state index in [9.17, 15) is 9.90 Å². The average Bonchev–Trinajstić information content (AvgIpc) is 2.96. The van der Waals surface area contributed by atoms with Crippen LogP contribution in [0.1, 0.15) is 19.3 Å². The van der Waals surface area contributed by atoms with Gasteiger partial charge < -0.3 is 14.7 Å². The third-order valence-electron chi connectivity index (χ3n) is 4.06. The van der Waals surface area contributed by atoms with Gasteiger partial charge in [0.1, 0.15) is 6.10 Å². The number of aliphatic hydroxyl groups is 1. The molecule has 7 nitrogen and oxygen atoms in total. The zero-order valence-corrected chi connectivity index (χ0v) is 12.3. The molecule has 2 saturated heterocycles. The summed E-state index contributed by atoms with van der Waals surface area (Å²) in [4.78, 5) is 15.8. The molecule has 0 spiro atoms. The number of hydrogen-bond acceptors (Lipinski definition) is 6. The van der Waals surface area contributed by atoms with E-state index in [0.717, 1.165) is 25.9 Å². The van der Waals surface area contributed by atoms with E-state index in [-0.39, 0.29) is 18.1 Å². The molecular formula is C13H26N4O3. The number of nitrogens with zero attached hydrogens (tertiary/aromatic N) is 2. The zero-order valence-electron chi connectivity index (χ0n) is 12.3. The molecule has 2 fully saturated rings. The van der Waals surface area contributed by atoms with Crippen molar-refractivity contribution < 1.29 is 14.6 Å². The quantitative estimate of drug-likeness (QED) is 0.324. The molecule has 0 saturated carbocycles. The maximum absolute atomic E-state index is 11.4. The minimum atomic E-state index is -0.426. The smallest absolute Gasteiger partial charge is 0.263 e. The van der Waals surface area contributed by atoms with E-state index in [1.54, 1.807) is 0 Å². The van der Waals surface area contributed by atoms with E-state index in [1.807, 2.05) is 14.1 Å². The molecule has 2 heterocycles. The van der Waals surface area contributed by atoms with Gasteiger partial charge >= 0.3 is 0 Å². The zero-order chi connectivity index (χ0) is 14.7. The van der Waals surface area contributed by atoms with Gasteiger partial charge in [-0.25, -0.2) is 5.84 Å². The van der Waals surface area contributed by atoms with Crippen molar-refractivity contribution in [3.8, 4) is 0 Å². The highest BCUT2D eigenvalue weighted by Gasteiger charge is 2.36. The normalized spacial score (nSPS) is 34.9. The van der Waals surface area contributed by atoms with Crippen LogP contribution in [0.4, 0.5) is 0 Å². The lowest BCUT2D eigenvalue weighted by molar-refractivity contribution is -0.132. The molecule has 2 aliphatic heterocycles. The van der Waals surface area contributed by atoms with Gasteiger partial charge in [-0.05, 0) is 33.4 Å². The van der Waals surface area contributed by atoms with Crippen LogP contribution < -0.4 is 11.3 Å². The Balaban J connectivity index is 1.84. The highest BCUT2D eigenvalue weighted by atomic mass is 16.5. The monoisotopic (exact) mass is 286 g/mol. The van der Waals surface area contributed by atoms with Crippen LogP contribution in [0, 0.1) is 0 Å². The lowest BCUT2D eigenvalue weighted by Crippen LogP contribution is -2.43. The van der Waals surface area contributed by atoms with E-state index in [0.29, 0.717) is 19.0 Å². The lowest BCUT2D eigenvalue weighted by Gasteiger charge is -2.28. The number of hydrogen-bond donors (Lipinski definition) is 3. The predicted molar refractivity (Wildman–Crippen MR) is 74.8 cm³/mol. The maximum Gasteiger partial charge on any atom is 0.263 e. The van der Waals surface area contributed by atoms with Crippen molar-refractivity contribution >= 4 is 5.91 Å². The number of β-amino-alcohol motifs (C(OH)–C–C–N with tert-alkyl or cyclic N) is 1. The molecule has 0 aromatic rings. The van der Waals surface area contributed by atoms with Crippen LogP contribution in [-0.4, -0.2) is 78.9 Å². The number of ether oxygens (including phenoxy) is 1. The first-order chi connectivity index (χ1) is 9.49. The number of carbonyl (C=O) groups is 1. The third kappa shape index (κ3) is 3.89. The van der Waals surface area contributed by atoms with Crippen molar-refractivity contribution in [2.45, 2.75) is 43.6 Å². The Hall–Kier alpha value is -0.730.